The van der Waals surface area contributed by atoms with Crippen molar-refractivity contribution in [2.24, 2.45) is 11.8 Å². The fourth-order valence-electron chi connectivity index (χ4n) is 4.86. The van der Waals surface area contributed by atoms with Crippen LogP contribution >= 0.6 is 11.8 Å². The zero-order valence-corrected chi connectivity index (χ0v) is 20.8. The molecule has 1 unspecified atom stereocenters. The standard InChI is InChI=1S/C27H29F3N2O3S/c1-35-20-3-5-26-23(15-20)22(6-8-31-26)25(30)4-2-17-7-9-32(16-24(17)27(33)34)10-11-36-21-13-18(28)12-19(29)14-21/h3,5-6,8,12-15,17,24-25H,2,4,7,9-11,16H2,1H3,(H,33,34)/t17-,24+,25?/m1/s1. The van der Waals surface area contributed by atoms with Gasteiger partial charge in [0, 0.05) is 41.4 Å². The molecule has 1 aromatic heterocycles. The third kappa shape index (κ3) is 6.50. The van der Waals surface area contributed by atoms with Crippen molar-refractivity contribution in [1.82, 2.24) is 9.88 Å². The van der Waals surface area contributed by atoms with Gasteiger partial charge in [0.2, 0.25) is 0 Å². The second kappa shape index (κ2) is 12.0. The number of rotatable bonds is 10. The second-order valence-corrected chi connectivity index (χ2v) is 10.2. The van der Waals surface area contributed by atoms with E-state index in [1.54, 1.807) is 37.6 Å². The minimum Gasteiger partial charge on any atom is -0.497 e. The number of fused-ring (bicyclic) bond motifs is 1. The van der Waals surface area contributed by atoms with Crippen LogP contribution < -0.4 is 4.74 Å². The van der Waals surface area contributed by atoms with Gasteiger partial charge >= 0.3 is 5.97 Å². The molecular formula is C27H29F3N2O3S. The fraction of sp³-hybridized carbons (Fsp3) is 0.407. The molecule has 1 fully saturated rings. The molecule has 192 valence electrons. The number of hydrogen-bond acceptors (Lipinski definition) is 5. The first-order valence-corrected chi connectivity index (χ1v) is 12.9. The molecule has 0 saturated carbocycles. The second-order valence-electron chi connectivity index (χ2n) is 9.08. The van der Waals surface area contributed by atoms with Gasteiger partial charge in [-0.25, -0.2) is 13.2 Å². The third-order valence-electron chi connectivity index (χ3n) is 6.78. The normalized spacial score (nSPS) is 19.3. The van der Waals surface area contributed by atoms with E-state index in [9.17, 15) is 18.7 Å². The Bertz CT molecular complexity index is 1190. The van der Waals surface area contributed by atoms with E-state index in [0.29, 0.717) is 65.3 Å². The summed E-state index contributed by atoms with van der Waals surface area (Å²) in [7, 11) is 1.56. The molecule has 1 aliphatic rings. The lowest BCUT2D eigenvalue weighted by Gasteiger charge is -2.36. The van der Waals surface area contributed by atoms with Crippen LogP contribution in [0, 0.1) is 23.5 Å². The number of thioether (sulfide) groups is 1. The van der Waals surface area contributed by atoms with Crippen LogP contribution in [0.25, 0.3) is 10.9 Å². The summed E-state index contributed by atoms with van der Waals surface area (Å²) in [5.74, 6) is -1.60. The minimum atomic E-state index is -1.24. The lowest BCUT2D eigenvalue weighted by atomic mass is 9.81. The van der Waals surface area contributed by atoms with E-state index >= 15 is 4.39 Å². The highest BCUT2D eigenvalue weighted by Crippen LogP contribution is 2.35. The van der Waals surface area contributed by atoms with Crippen LogP contribution in [0.15, 0.2) is 53.6 Å². The highest BCUT2D eigenvalue weighted by molar-refractivity contribution is 7.99. The maximum atomic E-state index is 15.4. The first-order chi connectivity index (χ1) is 17.3. The van der Waals surface area contributed by atoms with Crippen molar-refractivity contribution >= 4 is 28.6 Å². The summed E-state index contributed by atoms with van der Waals surface area (Å²) in [6.45, 7) is 1.69. The number of carboxylic acid groups (broad SMARTS) is 1. The van der Waals surface area contributed by atoms with Gasteiger partial charge in [-0.2, -0.15) is 0 Å². The number of aliphatic carboxylic acids is 1. The number of alkyl halides is 1. The molecule has 1 N–H and O–H groups in total. The number of carbonyl (C=O) groups is 1. The van der Waals surface area contributed by atoms with Crippen LogP contribution in [0.3, 0.4) is 0 Å². The summed E-state index contributed by atoms with van der Waals surface area (Å²) in [5, 5.41) is 10.5. The molecule has 9 heteroatoms. The maximum Gasteiger partial charge on any atom is 0.308 e. The van der Waals surface area contributed by atoms with E-state index < -0.39 is 29.7 Å². The average Bonchev–Trinajstić information content (AvgIpc) is 2.86. The summed E-state index contributed by atoms with van der Waals surface area (Å²) in [6.07, 6.45) is 1.71. The Labute approximate surface area is 212 Å². The van der Waals surface area contributed by atoms with Gasteiger partial charge in [-0.15, -0.1) is 11.8 Å². The summed E-state index contributed by atoms with van der Waals surface area (Å²) in [6, 6.07) is 10.4. The number of ether oxygens (including phenoxy) is 1. The molecular weight excluding hydrogens is 489 g/mol. The molecule has 1 saturated heterocycles. The molecule has 0 amide bonds. The number of benzene rings is 2. The van der Waals surface area contributed by atoms with Gasteiger partial charge in [0.05, 0.1) is 18.5 Å². The van der Waals surface area contributed by atoms with Crippen LogP contribution in [-0.4, -0.2) is 53.5 Å². The Kier molecular flexibility index (Phi) is 8.74. The van der Waals surface area contributed by atoms with E-state index in [-0.39, 0.29) is 12.3 Å². The van der Waals surface area contributed by atoms with Crippen molar-refractivity contribution in [2.75, 3.05) is 32.5 Å². The topological polar surface area (TPSA) is 62.7 Å². The number of piperidine rings is 1. The van der Waals surface area contributed by atoms with E-state index in [2.05, 4.69) is 9.88 Å². The Balaban J connectivity index is 1.33. The predicted octanol–water partition coefficient (Wildman–Crippen LogP) is 6.13. The number of halogens is 3. The number of hydrogen-bond donors (Lipinski definition) is 1. The zero-order chi connectivity index (χ0) is 25.7. The number of nitrogens with zero attached hydrogens (tertiary/aromatic N) is 2. The van der Waals surface area contributed by atoms with E-state index in [4.69, 9.17) is 4.74 Å². The Hall–Kier alpha value is -2.78. The Morgan fingerprint density at radius 1 is 1.22 bits per heavy atom. The minimum absolute atomic E-state index is 0.121. The maximum absolute atomic E-state index is 15.4. The summed E-state index contributed by atoms with van der Waals surface area (Å²) >= 11 is 1.34. The van der Waals surface area contributed by atoms with Gasteiger partial charge in [0.25, 0.3) is 0 Å². The fourth-order valence-corrected chi connectivity index (χ4v) is 5.84. The largest absolute Gasteiger partial charge is 0.497 e. The van der Waals surface area contributed by atoms with Gasteiger partial charge in [-0.3, -0.25) is 9.78 Å². The number of aromatic nitrogens is 1. The Morgan fingerprint density at radius 2 is 2.00 bits per heavy atom. The van der Waals surface area contributed by atoms with Crippen molar-refractivity contribution < 1.29 is 27.8 Å². The summed E-state index contributed by atoms with van der Waals surface area (Å²) in [4.78, 5) is 18.9. The Morgan fingerprint density at radius 3 is 2.72 bits per heavy atom. The van der Waals surface area contributed by atoms with Crippen molar-refractivity contribution in [2.45, 2.75) is 30.3 Å². The van der Waals surface area contributed by atoms with Crippen molar-refractivity contribution in [1.29, 1.82) is 0 Å². The predicted molar refractivity (Wildman–Crippen MR) is 134 cm³/mol. The smallest absolute Gasteiger partial charge is 0.308 e. The average molecular weight is 519 g/mol. The molecule has 2 heterocycles. The molecule has 36 heavy (non-hydrogen) atoms. The van der Waals surface area contributed by atoms with Crippen LogP contribution in [0.1, 0.15) is 31.0 Å². The SMILES string of the molecule is COc1ccc2nccc(C(F)CC[C@@H]3CCN(CCSc4cc(F)cc(F)c4)C[C@@H]3C(=O)O)c2c1. The van der Waals surface area contributed by atoms with Gasteiger partial charge in [0.1, 0.15) is 23.6 Å². The van der Waals surface area contributed by atoms with E-state index in [1.807, 2.05) is 0 Å². The molecule has 4 rings (SSSR count). The highest BCUT2D eigenvalue weighted by Gasteiger charge is 2.34. The molecule has 0 aliphatic carbocycles. The van der Waals surface area contributed by atoms with Crippen molar-refractivity contribution in [3.05, 3.63) is 65.9 Å². The number of methoxy groups -OCH3 is 1. The van der Waals surface area contributed by atoms with E-state index in [1.165, 1.54) is 23.9 Å². The zero-order valence-electron chi connectivity index (χ0n) is 20.0. The molecule has 2 aromatic carbocycles. The monoisotopic (exact) mass is 518 g/mol. The number of likely N-dealkylation sites (tertiary alicyclic amines) is 1. The lowest BCUT2D eigenvalue weighted by Crippen LogP contribution is -2.44. The molecule has 3 atom stereocenters. The van der Waals surface area contributed by atoms with Gasteiger partial charge in [0.15, 0.2) is 0 Å². The molecule has 0 bridgehead atoms. The highest BCUT2D eigenvalue weighted by atomic mass is 32.2. The van der Waals surface area contributed by atoms with Crippen molar-refractivity contribution in [3.8, 4) is 5.75 Å². The van der Waals surface area contributed by atoms with Crippen molar-refractivity contribution in [3.63, 3.8) is 0 Å². The summed E-state index contributed by atoms with van der Waals surface area (Å²) in [5.41, 5.74) is 1.22. The third-order valence-corrected chi connectivity index (χ3v) is 7.74. The first kappa shape index (κ1) is 26.3. The molecule has 0 radical (unpaired) electrons. The van der Waals surface area contributed by atoms with Crippen LogP contribution in [0.2, 0.25) is 0 Å². The van der Waals surface area contributed by atoms with Crippen LogP contribution in [0.4, 0.5) is 13.2 Å². The number of pyridine rings is 1. The first-order valence-electron chi connectivity index (χ1n) is 11.9. The van der Waals surface area contributed by atoms with Crippen LogP contribution in [0.5, 0.6) is 5.75 Å². The van der Waals surface area contributed by atoms with Gasteiger partial charge < -0.3 is 14.7 Å². The molecule has 1 aliphatic heterocycles. The molecule has 5 nitrogen and oxygen atoms in total. The quantitative estimate of drug-likeness (QED) is 0.326. The lowest BCUT2D eigenvalue weighted by molar-refractivity contribution is -0.146. The molecule has 3 aromatic rings. The molecule has 0 spiro atoms. The summed E-state index contributed by atoms with van der Waals surface area (Å²) < 4.78 is 47.4. The van der Waals surface area contributed by atoms with Gasteiger partial charge in [-0.05, 0) is 73.7 Å². The number of carboxylic acids is 1. The van der Waals surface area contributed by atoms with Gasteiger partial charge in [-0.1, -0.05) is 0 Å². The van der Waals surface area contributed by atoms with Crippen LogP contribution in [-0.2, 0) is 4.79 Å². The van der Waals surface area contributed by atoms with E-state index in [0.717, 1.165) is 6.07 Å².